The Morgan fingerprint density at radius 2 is 1.92 bits per heavy atom. The van der Waals surface area contributed by atoms with Gasteiger partial charge in [-0.05, 0) is 6.07 Å². The zero-order valence-electron chi connectivity index (χ0n) is 14.4. The minimum Gasteiger partial charge on any atom is -0.493 e. The van der Waals surface area contributed by atoms with Gasteiger partial charge in [0.15, 0.2) is 11.7 Å². The number of hydrogen-bond donors (Lipinski definition) is 1. The Hall–Kier alpha value is -3.08. The van der Waals surface area contributed by atoms with Gasteiger partial charge in [0.25, 0.3) is 0 Å². The highest BCUT2D eigenvalue weighted by Gasteiger charge is 2.22. The number of benzene rings is 2. The van der Waals surface area contributed by atoms with Crippen molar-refractivity contribution in [1.82, 2.24) is 10.3 Å². The average molecular weight is 348 g/mol. The second kappa shape index (κ2) is 7.44. The second-order valence-corrected chi connectivity index (χ2v) is 6.28. The monoisotopic (exact) mass is 348 g/mol. The van der Waals surface area contributed by atoms with E-state index in [1.165, 1.54) is 0 Å². The molecule has 0 unspecified atom stereocenters. The van der Waals surface area contributed by atoms with Crippen LogP contribution in [0, 0.1) is 0 Å². The van der Waals surface area contributed by atoms with E-state index in [-0.39, 0.29) is 11.9 Å². The quantitative estimate of drug-likeness (QED) is 0.759. The molecule has 0 radical (unpaired) electrons. The lowest BCUT2D eigenvalue weighted by Gasteiger charge is -2.26. The molecule has 0 spiro atoms. The van der Waals surface area contributed by atoms with Crippen LogP contribution in [0.1, 0.15) is 30.3 Å². The number of oxazole rings is 1. The van der Waals surface area contributed by atoms with Crippen molar-refractivity contribution in [2.45, 2.75) is 25.3 Å². The van der Waals surface area contributed by atoms with Gasteiger partial charge in [-0.2, -0.15) is 0 Å². The summed E-state index contributed by atoms with van der Waals surface area (Å²) in [5.74, 6) is 2.14. The van der Waals surface area contributed by atoms with Crippen LogP contribution in [0.25, 0.3) is 11.3 Å². The molecule has 1 N–H and O–H groups in total. The summed E-state index contributed by atoms with van der Waals surface area (Å²) in [7, 11) is 0. The number of fused-ring (bicyclic) bond motifs is 1. The highest BCUT2D eigenvalue weighted by molar-refractivity contribution is 5.76. The van der Waals surface area contributed by atoms with Gasteiger partial charge >= 0.3 is 0 Å². The number of carbonyl (C=O) groups excluding carboxylic acids is 1. The number of carbonyl (C=O) groups is 1. The number of aryl methyl sites for hydroxylation is 1. The summed E-state index contributed by atoms with van der Waals surface area (Å²) >= 11 is 0. The van der Waals surface area contributed by atoms with Crippen molar-refractivity contribution < 1.29 is 13.9 Å². The molecule has 1 atom stereocenters. The standard InChI is InChI=1S/C21H20N2O3/c24-20(23-17-12-13-25-18-9-5-4-8-16(17)18)10-11-21-22-14-19(26-21)15-6-2-1-3-7-15/h1-9,14,17H,10-13H2,(H,23,24)/t17-/m1/s1. The van der Waals surface area contributed by atoms with Crippen LogP contribution in [-0.4, -0.2) is 17.5 Å². The maximum atomic E-state index is 12.3. The van der Waals surface area contributed by atoms with Crippen LogP contribution in [0.5, 0.6) is 5.75 Å². The average Bonchev–Trinajstić information content (AvgIpc) is 3.17. The Labute approximate surface area is 152 Å². The zero-order chi connectivity index (χ0) is 17.8. The number of aromatic nitrogens is 1. The molecular weight excluding hydrogens is 328 g/mol. The van der Waals surface area contributed by atoms with Crippen LogP contribution >= 0.6 is 0 Å². The lowest BCUT2D eigenvalue weighted by molar-refractivity contribution is -0.122. The molecule has 3 aromatic rings. The van der Waals surface area contributed by atoms with Crippen LogP contribution < -0.4 is 10.1 Å². The molecule has 5 nitrogen and oxygen atoms in total. The molecule has 0 bridgehead atoms. The van der Waals surface area contributed by atoms with Crippen molar-refractivity contribution in [3.8, 4) is 17.1 Å². The molecule has 1 aliphatic rings. The van der Waals surface area contributed by atoms with Gasteiger partial charge in [0.2, 0.25) is 5.91 Å². The molecule has 2 aromatic carbocycles. The van der Waals surface area contributed by atoms with Gasteiger partial charge in [0, 0.05) is 30.4 Å². The van der Waals surface area contributed by atoms with Crippen LogP contribution in [0.4, 0.5) is 0 Å². The number of ether oxygens (including phenoxy) is 1. The van der Waals surface area contributed by atoms with Gasteiger partial charge < -0.3 is 14.5 Å². The third-order valence-electron chi connectivity index (χ3n) is 4.47. The highest BCUT2D eigenvalue weighted by atomic mass is 16.5. The van der Waals surface area contributed by atoms with E-state index in [0.717, 1.165) is 29.1 Å². The summed E-state index contributed by atoms with van der Waals surface area (Å²) < 4.78 is 11.4. The fraction of sp³-hybridized carbons (Fsp3) is 0.238. The summed E-state index contributed by atoms with van der Waals surface area (Å²) in [6, 6.07) is 17.6. The molecule has 1 amide bonds. The van der Waals surface area contributed by atoms with Gasteiger partial charge in [0.1, 0.15) is 5.75 Å². The lowest BCUT2D eigenvalue weighted by Crippen LogP contribution is -2.32. The summed E-state index contributed by atoms with van der Waals surface area (Å²) in [6.45, 7) is 0.613. The van der Waals surface area contributed by atoms with Gasteiger partial charge in [0.05, 0.1) is 18.8 Å². The molecule has 0 aliphatic carbocycles. The van der Waals surface area contributed by atoms with E-state index in [4.69, 9.17) is 9.15 Å². The Bertz CT molecular complexity index is 889. The number of nitrogens with zero attached hydrogens (tertiary/aromatic N) is 1. The first-order valence-electron chi connectivity index (χ1n) is 8.81. The number of hydrogen-bond acceptors (Lipinski definition) is 4. The predicted octanol–water partition coefficient (Wildman–Crippen LogP) is 3.91. The number of rotatable bonds is 5. The largest absolute Gasteiger partial charge is 0.493 e. The number of amides is 1. The normalized spacial score (nSPS) is 15.8. The topological polar surface area (TPSA) is 64.4 Å². The molecular formula is C21H20N2O3. The van der Waals surface area contributed by atoms with Crippen molar-refractivity contribution >= 4 is 5.91 Å². The third kappa shape index (κ3) is 3.61. The minimum atomic E-state index is -0.00818. The van der Waals surface area contributed by atoms with Crippen molar-refractivity contribution in [1.29, 1.82) is 0 Å². The molecule has 0 fully saturated rings. The SMILES string of the molecule is O=C(CCc1ncc(-c2ccccc2)o1)N[C@@H]1CCOc2ccccc21. The van der Waals surface area contributed by atoms with Crippen molar-refractivity contribution in [2.75, 3.05) is 6.61 Å². The molecule has 1 aliphatic heterocycles. The van der Waals surface area contributed by atoms with Crippen molar-refractivity contribution in [3.05, 3.63) is 72.2 Å². The van der Waals surface area contributed by atoms with Crippen LogP contribution in [0.2, 0.25) is 0 Å². The molecule has 26 heavy (non-hydrogen) atoms. The van der Waals surface area contributed by atoms with E-state index in [1.54, 1.807) is 6.20 Å². The Balaban J connectivity index is 1.35. The first-order valence-corrected chi connectivity index (χ1v) is 8.81. The van der Waals surface area contributed by atoms with E-state index in [9.17, 15) is 4.79 Å². The maximum absolute atomic E-state index is 12.3. The van der Waals surface area contributed by atoms with Gasteiger partial charge in [-0.3, -0.25) is 4.79 Å². The smallest absolute Gasteiger partial charge is 0.220 e. The fourth-order valence-corrected chi connectivity index (χ4v) is 3.14. The molecule has 2 heterocycles. The Kier molecular flexibility index (Phi) is 4.69. The van der Waals surface area contributed by atoms with Gasteiger partial charge in [-0.25, -0.2) is 4.98 Å². The molecule has 0 saturated carbocycles. The van der Waals surface area contributed by atoms with E-state index in [0.29, 0.717) is 25.3 Å². The zero-order valence-corrected chi connectivity index (χ0v) is 14.4. The van der Waals surface area contributed by atoms with E-state index in [1.807, 2.05) is 54.6 Å². The van der Waals surface area contributed by atoms with Gasteiger partial charge in [-0.1, -0.05) is 48.5 Å². The summed E-state index contributed by atoms with van der Waals surface area (Å²) in [5, 5.41) is 3.10. The van der Waals surface area contributed by atoms with Crippen LogP contribution in [0.3, 0.4) is 0 Å². The highest BCUT2D eigenvalue weighted by Crippen LogP contribution is 2.31. The first-order chi connectivity index (χ1) is 12.8. The Morgan fingerprint density at radius 3 is 2.81 bits per heavy atom. The fourth-order valence-electron chi connectivity index (χ4n) is 3.14. The number of nitrogens with one attached hydrogen (secondary N) is 1. The van der Waals surface area contributed by atoms with E-state index in [2.05, 4.69) is 10.3 Å². The van der Waals surface area contributed by atoms with Gasteiger partial charge in [-0.15, -0.1) is 0 Å². The maximum Gasteiger partial charge on any atom is 0.220 e. The third-order valence-corrected chi connectivity index (χ3v) is 4.47. The Morgan fingerprint density at radius 1 is 1.12 bits per heavy atom. The summed E-state index contributed by atoms with van der Waals surface area (Å²) in [5.41, 5.74) is 2.02. The predicted molar refractivity (Wildman–Crippen MR) is 97.7 cm³/mol. The first kappa shape index (κ1) is 16.4. The van der Waals surface area contributed by atoms with Crippen molar-refractivity contribution in [2.24, 2.45) is 0 Å². The summed E-state index contributed by atoms with van der Waals surface area (Å²) in [6.07, 6.45) is 3.30. The lowest BCUT2D eigenvalue weighted by atomic mass is 10.0. The number of para-hydroxylation sites is 1. The minimum absolute atomic E-state index is 0.00288. The second-order valence-electron chi connectivity index (χ2n) is 6.28. The van der Waals surface area contributed by atoms with Crippen molar-refractivity contribution in [3.63, 3.8) is 0 Å². The molecule has 0 saturated heterocycles. The van der Waals surface area contributed by atoms with E-state index >= 15 is 0 Å². The molecule has 4 rings (SSSR count). The molecule has 1 aromatic heterocycles. The summed E-state index contributed by atoms with van der Waals surface area (Å²) in [4.78, 5) is 16.6. The molecule has 5 heteroatoms. The molecule has 132 valence electrons. The van der Waals surface area contributed by atoms with Crippen LogP contribution in [-0.2, 0) is 11.2 Å². The van der Waals surface area contributed by atoms with E-state index < -0.39 is 0 Å². The van der Waals surface area contributed by atoms with Crippen LogP contribution in [0.15, 0.2) is 65.2 Å².